The molecule has 0 bridgehead atoms. The second kappa shape index (κ2) is 6.92. The third-order valence-corrected chi connectivity index (χ3v) is 4.89. The average molecular weight is 344 g/mol. The molecule has 0 radical (unpaired) electrons. The summed E-state index contributed by atoms with van der Waals surface area (Å²) in [5.41, 5.74) is 6.34. The van der Waals surface area contributed by atoms with Gasteiger partial charge in [0.25, 0.3) is 5.91 Å². The first kappa shape index (κ1) is 17.5. The molecule has 7 heteroatoms. The highest BCUT2D eigenvalue weighted by atomic mass is 16.2. The maximum absolute atomic E-state index is 12.7. The van der Waals surface area contributed by atoms with Crippen molar-refractivity contribution in [3.8, 4) is 0 Å². The Balaban J connectivity index is 1.76. The summed E-state index contributed by atoms with van der Waals surface area (Å²) < 4.78 is 0. The predicted molar refractivity (Wildman–Crippen MR) is 91.6 cm³/mol. The minimum atomic E-state index is -0.605. The van der Waals surface area contributed by atoms with E-state index in [1.165, 1.54) is 0 Å². The standard InChI is InChI=1S/C18H24N4O3/c1-11(2)9-12(19)17(24)21-8-6-14-16(21)15(23)10-22(14)18(25)13-5-3-4-7-20-13/h3-5,7,11-12,14,16H,6,8-10,19H2,1-2H3. The van der Waals surface area contributed by atoms with Crippen molar-refractivity contribution in [1.29, 1.82) is 0 Å². The molecule has 25 heavy (non-hydrogen) atoms. The fourth-order valence-electron chi connectivity index (χ4n) is 3.80. The van der Waals surface area contributed by atoms with E-state index >= 15 is 0 Å². The summed E-state index contributed by atoms with van der Waals surface area (Å²) in [6.45, 7) is 4.49. The first-order valence-corrected chi connectivity index (χ1v) is 8.71. The number of aromatic nitrogens is 1. The zero-order valence-electron chi connectivity index (χ0n) is 14.6. The van der Waals surface area contributed by atoms with Gasteiger partial charge in [-0.1, -0.05) is 19.9 Å². The molecule has 0 saturated carbocycles. The van der Waals surface area contributed by atoms with E-state index in [0.717, 1.165) is 0 Å². The Labute approximate surface area is 147 Å². The van der Waals surface area contributed by atoms with E-state index in [-0.39, 0.29) is 30.2 Å². The van der Waals surface area contributed by atoms with Crippen LogP contribution in [0.25, 0.3) is 0 Å². The molecular weight excluding hydrogens is 320 g/mol. The Bertz CT molecular complexity index is 676. The highest BCUT2D eigenvalue weighted by molar-refractivity contribution is 6.01. The lowest BCUT2D eigenvalue weighted by Crippen LogP contribution is -2.50. The fourth-order valence-corrected chi connectivity index (χ4v) is 3.80. The van der Waals surface area contributed by atoms with Gasteiger partial charge in [-0.3, -0.25) is 19.4 Å². The monoisotopic (exact) mass is 344 g/mol. The molecule has 0 aliphatic carbocycles. The molecule has 2 N–H and O–H groups in total. The smallest absolute Gasteiger partial charge is 0.273 e. The lowest BCUT2D eigenvalue weighted by atomic mass is 10.0. The lowest BCUT2D eigenvalue weighted by molar-refractivity contribution is -0.137. The van der Waals surface area contributed by atoms with Crippen LogP contribution in [-0.2, 0) is 9.59 Å². The van der Waals surface area contributed by atoms with Crippen LogP contribution in [-0.4, -0.2) is 63.6 Å². The largest absolute Gasteiger partial charge is 0.329 e. The first-order chi connectivity index (χ1) is 11.9. The Kier molecular flexibility index (Phi) is 4.85. The van der Waals surface area contributed by atoms with Gasteiger partial charge in [0.05, 0.1) is 18.6 Å². The molecule has 3 rings (SSSR count). The van der Waals surface area contributed by atoms with Crippen LogP contribution in [0.2, 0.25) is 0 Å². The summed E-state index contributed by atoms with van der Waals surface area (Å²) in [7, 11) is 0. The van der Waals surface area contributed by atoms with Gasteiger partial charge in [-0.2, -0.15) is 0 Å². The number of ketones is 1. The van der Waals surface area contributed by atoms with E-state index < -0.39 is 12.1 Å². The van der Waals surface area contributed by atoms with Crippen LogP contribution < -0.4 is 5.73 Å². The van der Waals surface area contributed by atoms with Gasteiger partial charge in [-0.15, -0.1) is 0 Å². The van der Waals surface area contributed by atoms with Gasteiger partial charge in [0.15, 0.2) is 5.78 Å². The minimum Gasteiger partial charge on any atom is -0.329 e. The Morgan fingerprint density at radius 2 is 2.08 bits per heavy atom. The summed E-state index contributed by atoms with van der Waals surface area (Å²) in [4.78, 5) is 45.0. The van der Waals surface area contributed by atoms with Crippen molar-refractivity contribution < 1.29 is 14.4 Å². The Hall–Kier alpha value is -2.28. The van der Waals surface area contributed by atoms with Crippen molar-refractivity contribution in [2.24, 2.45) is 11.7 Å². The highest BCUT2D eigenvalue weighted by Crippen LogP contribution is 2.31. The normalized spacial score (nSPS) is 23.9. The van der Waals surface area contributed by atoms with Crippen LogP contribution in [0.5, 0.6) is 0 Å². The molecule has 1 aromatic heterocycles. The summed E-state index contributed by atoms with van der Waals surface area (Å²) in [6.07, 6.45) is 2.73. The van der Waals surface area contributed by atoms with Crippen LogP contribution in [0.1, 0.15) is 37.2 Å². The van der Waals surface area contributed by atoms with Gasteiger partial charge in [-0.25, -0.2) is 0 Å². The van der Waals surface area contributed by atoms with Crippen LogP contribution in [0.15, 0.2) is 24.4 Å². The molecule has 3 unspecified atom stereocenters. The molecule has 2 saturated heterocycles. The maximum Gasteiger partial charge on any atom is 0.273 e. The van der Waals surface area contributed by atoms with Crippen molar-refractivity contribution in [3.05, 3.63) is 30.1 Å². The van der Waals surface area contributed by atoms with Gasteiger partial charge in [0.1, 0.15) is 11.7 Å². The number of hydrogen-bond donors (Lipinski definition) is 1. The van der Waals surface area contributed by atoms with Gasteiger partial charge < -0.3 is 15.5 Å². The van der Waals surface area contributed by atoms with Crippen molar-refractivity contribution >= 4 is 17.6 Å². The zero-order valence-corrected chi connectivity index (χ0v) is 14.6. The summed E-state index contributed by atoms with van der Waals surface area (Å²) in [5, 5.41) is 0. The van der Waals surface area contributed by atoms with Crippen molar-refractivity contribution in [1.82, 2.24) is 14.8 Å². The Morgan fingerprint density at radius 3 is 2.72 bits per heavy atom. The number of rotatable bonds is 4. The molecule has 0 spiro atoms. The molecule has 0 aromatic carbocycles. The van der Waals surface area contributed by atoms with Crippen molar-refractivity contribution in [3.63, 3.8) is 0 Å². The van der Waals surface area contributed by atoms with E-state index in [1.54, 1.807) is 34.2 Å². The third kappa shape index (κ3) is 3.28. The number of Topliss-reactive ketones (excluding diaryl/α,β-unsaturated/α-hetero) is 1. The number of likely N-dealkylation sites (tertiary alicyclic amines) is 2. The molecule has 3 atom stereocenters. The van der Waals surface area contributed by atoms with E-state index in [9.17, 15) is 14.4 Å². The number of hydrogen-bond acceptors (Lipinski definition) is 5. The Morgan fingerprint density at radius 1 is 1.32 bits per heavy atom. The predicted octanol–water partition coefficient (Wildman–Crippen LogP) is 0.449. The third-order valence-electron chi connectivity index (χ3n) is 4.89. The molecule has 134 valence electrons. The highest BCUT2D eigenvalue weighted by Gasteiger charge is 2.52. The van der Waals surface area contributed by atoms with Crippen molar-refractivity contribution in [2.75, 3.05) is 13.1 Å². The molecule has 2 fully saturated rings. The molecule has 1 aromatic rings. The molecule has 7 nitrogen and oxygen atoms in total. The SMILES string of the molecule is CC(C)CC(N)C(=O)N1CCC2C1C(=O)CN2C(=O)c1ccccn1. The van der Waals surface area contributed by atoms with Crippen LogP contribution in [0.3, 0.4) is 0 Å². The molecule has 3 heterocycles. The van der Waals surface area contributed by atoms with Gasteiger partial charge in [-0.05, 0) is 30.9 Å². The quantitative estimate of drug-likeness (QED) is 0.855. The van der Waals surface area contributed by atoms with Gasteiger partial charge in [0.2, 0.25) is 5.91 Å². The van der Waals surface area contributed by atoms with Crippen molar-refractivity contribution in [2.45, 2.75) is 44.8 Å². The molecular formula is C18H24N4O3. The summed E-state index contributed by atoms with van der Waals surface area (Å²) in [6, 6.07) is 3.66. The topological polar surface area (TPSA) is 96.6 Å². The van der Waals surface area contributed by atoms with Crippen LogP contribution in [0, 0.1) is 5.92 Å². The maximum atomic E-state index is 12.7. The number of carbonyl (C=O) groups excluding carboxylic acids is 3. The van der Waals surface area contributed by atoms with E-state index in [1.807, 2.05) is 13.8 Å². The number of amides is 2. The molecule has 2 amide bonds. The number of nitrogens with zero attached hydrogens (tertiary/aromatic N) is 3. The van der Waals surface area contributed by atoms with E-state index in [2.05, 4.69) is 4.98 Å². The van der Waals surface area contributed by atoms with E-state index in [4.69, 9.17) is 5.73 Å². The number of pyridine rings is 1. The van der Waals surface area contributed by atoms with Crippen LogP contribution >= 0.6 is 0 Å². The van der Waals surface area contributed by atoms with Gasteiger partial charge >= 0.3 is 0 Å². The molecule has 2 aliphatic rings. The summed E-state index contributed by atoms with van der Waals surface area (Å²) in [5.74, 6) is -0.250. The minimum absolute atomic E-state index is 0.0218. The average Bonchev–Trinajstić information content (AvgIpc) is 3.15. The summed E-state index contributed by atoms with van der Waals surface area (Å²) >= 11 is 0. The zero-order chi connectivity index (χ0) is 18.1. The second-order valence-electron chi connectivity index (χ2n) is 7.18. The number of fused-ring (bicyclic) bond motifs is 1. The number of carbonyl (C=O) groups is 3. The number of nitrogens with two attached hydrogens (primary N) is 1. The van der Waals surface area contributed by atoms with E-state index in [0.29, 0.717) is 31.0 Å². The lowest BCUT2D eigenvalue weighted by Gasteiger charge is -2.26. The van der Waals surface area contributed by atoms with Gasteiger partial charge in [0, 0.05) is 12.7 Å². The first-order valence-electron chi connectivity index (χ1n) is 8.71. The van der Waals surface area contributed by atoms with Crippen LogP contribution in [0.4, 0.5) is 0 Å². The molecule has 2 aliphatic heterocycles. The fraction of sp³-hybridized carbons (Fsp3) is 0.556. The second-order valence-corrected chi connectivity index (χ2v) is 7.18.